The molecule has 2 heterocycles. The second kappa shape index (κ2) is 28.1. The fourth-order valence-corrected chi connectivity index (χ4v) is 10.7. The van der Waals surface area contributed by atoms with E-state index in [0.717, 1.165) is 26.2 Å². The van der Waals surface area contributed by atoms with Crippen molar-refractivity contribution < 1.29 is 46.4 Å². The molecular weight excluding hydrogens is 959 g/mol. The number of hydrogen-bond acceptors (Lipinski definition) is 19. The Labute approximate surface area is 415 Å². The number of rotatable bonds is 28. The number of aromatic nitrogens is 1. The molecule has 71 heavy (non-hydrogen) atoms. The average Bonchev–Trinajstić information content (AvgIpc) is 3.36. The summed E-state index contributed by atoms with van der Waals surface area (Å²) in [6.45, 7) is 4.97. The van der Waals surface area contributed by atoms with E-state index in [4.69, 9.17) is 14.6 Å². The number of carbonyl (C=O) groups is 1. The minimum atomic E-state index is -3.83. The van der Waals surface area contributed by atoms with Gasteiger partial charge in [-0.25, -0.2) is 26.3 Å². The minimum absolute atomic E-state index is 0.0122. The number of nitrogens with zero attached hydrogens (tertiary/aromatic N) is 9. The number of unbranched alkanes of at least 4 members (excludes halogenated alkanes) is 2. The van der Waals surface area contributed by atoms with Gasteiger partial charge in [0.2, 0.25) is 20.0 Å². The Bertz CT molecular complexity index is 2630. The van der Waals surface area contributed by atoms with Gasteiger partial charge in [0.15, 0.2) is 5.78 Å². The smallest absolute Gasteiger partial charge is 0.268 e. The van der Waals surface area contributed by atoms with Crippen molar-refractivity contribution in [3.05, 3.63) is 76.2 Å². The highest BCUT2D eigenvalue weighted by atomic mass is 32.2. The lowest BCUT2D eigenvalue weighted by atomic mass is 9.68. The number of ether oxygens (including phenoxy) is 2. The Kier molecular flexibility index (Phi) is 22.5. The van der Waals surface area contributed by atoms with E-state index in [0.29, 0.717) is 69.4 Å². The molecular formula is C47H65N11O11S2. The number of nitriles is 2. The Morgan fingerprint density at radius 3 is 1.80 bits per heavy atom. The lowest BCUT2D eigenvalue weighted by molar-refractivity contribution is -0.139. The highest BCUT2D eigenvalue weighted by Crippen LogP contribution is 2.37. The van der Waals surface area contributed by atoms with Crippen LogP contribution in [0.2, 0.25) is 0 Å². The molecule has 2 aromatic carbocycles. The number of ketones is 1. The number of piperazine rings is 1. The topological polar surface area (TPSA) is 314 Å². The number of sulfonamides is 2. The predicted octanol–water partition coefficient (Wildman–Crippen LogP) is 3.29. The van der Waals surface area contributed by atoms with Crippen molar-refractivity contribution in [2.45, 2.75) is 80.0 Å². The molecule has 1 saturated heterocycles. The first-order valence-electron chi connectivity index (χ1n) is 23.7. The van der Waals surface area contributed by atoms with E-state index in [-0.39, 0.29) is 78.5 Å². The normalized spacial score (nSPS) is 20.4. The van der Waals surface area contributed by atoms with Crippen LogP contribution in [-0.2, 0) is 47.5 Å². The van der Waals surface area contributed by atoms with Gasteiger partial charge in [0.05, 0.1) is 46.6 Å². The molecule has 1 aliphatic heterocycles. The Morgan fingerprint density at radius 1 is 0.732 bits per heavy atom. The van der Waals surface area contributed by atoms with Crippen LogP contribution >= 0.6 is 0 Å². The van der Waals surface area contributed by atoms with Gasteiger partial charge in [0.1, 0.15) is 29.3 Å². The fourth-order valence-electron chi connectivity index (χ4n) is 8.60. The van der Waals surface area contributed by atoms with E-state index in [1.54, 1.807) is 0 Å². The lowest BCUT2D eigenvalue weighted by Gasteiger charge is -2.39. The van der Waals surface area contributed by atoms with Crippen LogP contribution in [-0.4, -0.2) is 151 Å². The molecule has 22 nitrogen and oxygen atoms in total. The third kappa shape index (κ3) is 15.9. The van der Waals surface area contributed by atoms with Gasteiger partial charge >= 0.3 is 0 Å². The number of aliphatic hydroxyl groups is 3. The number of pyridine rings is 1. The summed E-state index contributed by atoms with van der Waals surface area (Å²) in [5.74, 6) is -2.91. The van der Waals surface area contributed by atoms with Gasteiger partial charge in [-0.2, -0.15) is 25.9 Å². The van der Waals surface area contributed by atoms with Crippen LogP contribution in [0.3, 0.4) is 0 Å². The monoisotopic (exact) mass is 1020 g/mol. The summed E-state index contributed by atoms with van der Waals surface area (Å²) in [4.78, 5) is 30.5. The number of aryl methyl sites for hydroxylation is 1. The molecule has 1 aliphatic carbocycles. The van der Waals surface area contributed by atoms with Crippen molar-refractivity contribution in [2.75, 3.05) is 86.4 Å². The largest absolute Gasteiger partial charge is 0.396 e. The number of methoxy groups -OCH3 is 2. The third-order valence-corrected chi connectivity index (χ3v) is 15.5. The van der Waals surface area contributed by atoms with Crippen LogP contribution < -0.4 is 15.0 Å². The molecule has 2 fully saturated rings. The number of Topliss-reactive ketones (excluding diaryl/α,β-unsaturated/α-hetero) is 1. The van der Waals surface area contributed by atoms with Gasteiger partial charge in [-0.3, -0.25) is 9.59 Å². The zero-order chi connectivity index (χ0) is 51.4. The molecule has 0 radical (unpaired) electrons. The van der Waals surface area contributed by atoms with Gasteiger partial charge in [-0.1, -0.05) is 12.8 Å². The van der Waals surface area contributed by atoms with E-state index in [1.165, 1.54) is 73.5 Å². The fraction of sp³-hybridized carbons (Fsp3) is 0.574. The summed E-state index contributed by atoms with van der Waals surface area (Å²) >= 11 is 0. The quantitative estimate of drug-likeness (QED) is 0.0515. The van der Waals surface area contributed by atoms with Crippen LogP contribution in [0.15, 0.2) is 89.8 Å². The molecule has 0 amide bonds. The number of azo groups is 2. The first-order chi connectivity index (χ1) is 34.2. The summed E-state index contributed by atoms with van der Waals surface area (Å²) in [6.07, 6.45) is 3.91. The van der Waals surface area contributed by atoms with Crippen molar-refractivity contribution >= 4 is 42.9 Å². The van der Waals surface area contributed by atoms with Crippen LogP contribution in [0.5, 0.6) is 0 Å². The summed E-state index contributed by atoms with van der Waals surface area (Å²) in [5.41, 5.74) is 0.514. The number of hydrogen-bond donors (Lipinski definition) is 5. The first-order valence-corrected chi connectivity index (χ1v) is 26.6. The maximum atomic E-state index is 13.2. The lowest BCUT2D eigenvalue weighted by Crippen LogP contribution is -2.53. The Hall–Kier alpha value is -5.22. The van der Waals surface area contributed by atoms with Gasteiger partial charge in [-0.05, 0) is 93.7 Å². The van der Waals surface area contributed by atoms with E-state index in [9.17, 15) is 47.2 Å². The number of nitrogens with one attached hydrogen (secondary N) is 2. The molecule has 0 spiro atoms. The second-order valence-electron chi connectivity index (χ2n) is 17.4. The van der Waals surface area contributed by atoms with Gasteiger partial charge in [0.25, 0.3) is 5.56 Å². The predicted molar refractivity (Wildman–Crippen MR) is 260 cm³/mol. The van der Waals surface area contributed by atoms with E-state index < -0.39 is 55.5 Å². The van der Waals surface area contributed by atoms with E-state index in [1.807, 2.05) is 6.07 Å². The summed E-state index contributed by atoms with van der Waals surface area (Å²) in [5, 5.41) is 66.2. The molecule has 24 heteroatoms. The molecule has 386 valence electrons. The Balaban J connectivity index is 1.02. The summed E-state index contributed by atoms with van der Waals surface area (Å²) < 4.78 is 69.4. The summed E-state index contributed by atoms with van der Waals surface area (Å²) in [6, 6.07) is 14.7. The molecule has 3 aromatic rings. The first kappa shape index (κ1) is 56.7. The van der Waals surface area contributed by atoms with Gasteiger partial charge in [-0.15, -0.1) is 5.11 Å². The molecule has 5 atom stereocenters. The molecule has 0 bridgehead atoms. The maximum Gasteiger partial charge on any atom is 0.268 e. The van der Waals surface area contributed by atoms with Crippen molar-refractivity contribution in [3.63, 3.8) is 0 Å². The van der Waals surface area contributed by atoms with E-state index >= 15 is 0 Å². The highest BCUT2D eigenvalue weighted by molar-refractivity contribution is 7.89. The molecule has 5 N–H and O–H groups in total. The minimum Gasteiger partial charge on any atom is -0.396 e. The molecule has 5 unspecified atom stereocenters. The Morgan fingerprint density at radius 2 is 1.30 bits per heavy atom. The van der Waals surface area contributed by atoms with Crippen LogP contribution in [0, 0.1) is 40.4 Å². The number of carbonyl (C=O) groups excluding carboxylic acids is 1. The highest BCUT2D eigenvalue weighted by Gasteiger charge is 2.50. The zero-order valence-electron chi connectivity index (χ0n) is 40.2. The average molecular weight is 1020 g/mol. The molecule has 2 aliphatic rings. The zero-order valence-corrected chi connectivity index (χ0v) is 41.8. The summed E-state index contributed by atoms with van der Waals surface area (Å²) in [7, 11) is -4.78. The molecule has 1 saturated carbocycles. The number of aliphatic hydroxyl groups excluding tert-OH is 3. The molecule has 5 rings (SSSR count). The molecule has 1 aromatic heterocycles. The second-order valence-corrected chi connectivity index (χ2v) is 20.9. The van der Waals surface area contributed by atoms with Crippen molar-refractivity contribution in [3.8, 4) is 12.1 Å². The van der Waals surface area contributed by atoms with Crippen molar-refractivity contribution in [1.29, 1.82) is 10.5 Å². The van der Waals surface area contributed by atoms with E-state index in [2.05, 4.69) is 45.8 Å². The van der Waals surface area contributed by atoms with Crippen molar-refractivity contribution in [1.82, 2.24) is 23.8 Å². The van der Waals surface area contributed by atoms with Gasteiger partial charge in [0, 0.05) is 96.8 Å². The van der Waals surface area contributed by atoms with Crippen molar-refractivity contribution in [2.24, 2.45) is 38.2 Å². The number of benzene rings is 2. The van der Waals surface area contributed by atoms with Crippen LogP contribution in [0.4, 0.5) is 17.1 Å². The maximum absolute atomic E-state index is 13.2. The van der Waals surface area contributed by atoms with Gasteiger partial charge < -0.3 is 39.2 Å². The SMILES string of the molecule is COCc1c(/N=N/c2ccc(S(=O)(=O)NCCCN3CCN(CCCNS(=O)(=O)c4ccc(/N=N/C5C(O)C(CCCCCO)C(=O)C(C#N)C5COC)cc4)CC3)cc2)cn(CCCO)c(=O)c1C#N. The standard InChI is InChI=1S/C47H65N11O11S2/c1-68-32-41-40(30-49)47(63)58(22-8-28-60)31-43(41)54-52-34-10-14-36(15-11-34)70(64,65)50-18-6-20-56-23-25-57(26-24-56)21-7-19-51-71(66,67)37-16-12-35(13-17-37)53-55-44-42(33-69-2)39(29-48)45(61)38(46(44)62)9-4-3-5-27-59/h10-17,31,38-39,42,44,46,50-51,59-60,62H,3-9,18-28,32-33H2,1-2H3/b54-52+,55-53+. The van der Waals surface area contributed by atoms with Crippen LogP contribution in [0.1, 0.15) is 56.1 Å². The third-order valence-electron chi connectivity index (χ3n) is 12.5. The van der Waals surface area contributed by atoms with Crippen LogP contribution in [0.25, 0.3) is 0 Å².